The third-order valence-corrected chi connectivity index (χ3v) is 2.96. The van der Waals surface area contributed by atoms with Crippen molar-refractivity contribution < 1.29 is 0 Å². The molecule has 5 N–H and O–H groups in total. The highest BCUT2D eigenvalue weighted by molar-refractivity contribution is 5.86. The highest BCUT2D eigenvalue weighted by Crippen LogP contribution is 2.30. The zero-order valence-corrected chi connectivity index (χ0v) is 10.7. The Labute approximate surface area is 110 Å². The lowest BCUT2D eigenvalue weighted by atomic mass is 10.3. The molecule has 2 aromatic heterocycles. The fraction of sp³-hybridized carbons (Fsp3) is 0.231. The highest BCUT2D eigenvalue weighted by Gasteiger charge is 2.16. The molecule has 6 heteroatoms. The maximum atomic E-state index is 5.95. The maximum Gasteiger partial charge on any atom is 0.161 e. The minimum Gasteiger partial charge on any atom is -0.383 e. The Morgan fingerprint density at radius 2 is 2.16 bits per heavy atom. The molecule has 0 saturated carbocycles. The van der Waals surface area contributed by atoms with Crippen molar-refractivity contribution in [2.75, 3.05) is 17.6 Å². The van der Waals surface area contributed by atoms with Crippen LogP contribution in [0.15, 0.2) is 24.3 Å². The summed E-state index contributed by atoms with van der Waals surface area (Å²) in [5.41, 5.74) is 8.65. The highest BCUT2D eigenvalue weighted by atomic mass is 15.2. The van der Waals surface area contributed by atoms with Gasteiger partial charge in [-0.15, -0.1) is 0 Å². The van der Waals surface area contributed by atoms with Gasteiger partial charge in [0.25, 0.3) is 0 Å². The number of para-hydroxylation sites is 2. The lowest BCUT2D eigenvalue weighted by Crippen LogP contribution is -2.01. The Morgan fingerprint density at radius 1 is 1.32 bits per heavy atom. The van der Waals surface area contributed by atoms with E-state index < -0.39 is 0 Å². The molecular formula is C13H16N6. The first-order valence-corrected chi connectivity index (χ1v) is 6.32. The van der Waals surface area contributed by atoms with Crippen molar-refractivity contribution in [2.24, 2.45) is 0 Å². The van der Waals surface area contributed by atoms with Crippen LogP contribution in [0.3, 0.4) is 0 Å². The summed E-state index contributed by atoms with van der Waals surface area (Å²) in [7, 11) is 0. The van der Waals surface area contributed by atoms with E-state index in [9.17, 15) is 0 Å². The lowest BCUT2D eigenvalue weighted by Gasteiger charge is -2.02. The summed E-state index contributed by atoms with van der Waals surface area (Å²) >= 11 is 0. The van der Waals surface area contributed by atoms with E-state index in [1.165, 1.54) is 0 Å². The molecule has 0 bridgehead atoms. The Morgan fingerprint density at radius 3 is 2.95 bits per heavy atom. The fourth-order valence-corrected chi connectivity index (χ4v) is 2.04. The van der Waals surface area contributed by atoms with Crippen LogP contribution < -0.4 is 11.1 Å². The molecule has 6 nitrogen and oxygen atoms in total. The molecule has 0 saturated heterocycles. The van der Waals surface area contributed by atoms with E-state index in [1.807, 2.05) is 24.3 Å². The second-order valence-electron chi connectivity index (χ2n) is 4.39. The van der Waals surface area contributed by atoms with Crippen molar-refractivity contribution in [3.8, 4) is 11.4 Å². The average molecular weight is 256 g/mol. The number of hydrogen-bond acceptors (Lipinski definition) is 4. The summed E-state index contributed by atoms with van der Waals surface area (Å²) < 4.78 is 0. The molecule has 0 spiro atoms. The number of nitrogens with zero attached hydrogens (tertiary/aromatic N) is 2. The number of benzene rings is 1. The number of hydrogen-bond donors (Lipinski definition) is 4. The second kappa shape index (κ2) is 4.64. The van der Waals surface area contributed by atoms with Gasteiger partial charge < -0.3 is 16.0 Å². The molecular weight excluding hydrogens is 240 g/mol. The Hall–Kier alpha value is -2.50. The summed E-state index contributed by atoms with van der Waals surface area (Å²) in [4.78, 5) is 7.81. The van der Waals surface area contributed by atoms with Crippen LogP contribution in [-0.4, -0.2) is 26.7 Å². The van der Waals surface area contributed by atoms with Gasteiger partial charge in [0, 0.05) is 6.54 Å². The van der Waals surface area contributed by atoms with Gasteiger partial charge in [-0.3, -0.25) is 5.10 Å². The van der Waals surface area contributed by atoms with E-state index in [1.54, 1.807) is 0 Å². The number of nitrogens with one attached hydrogen (secondary N) is 3. The molecule has 1 aromatic carbocycles. The first-order valence-electron chi connectivity index (χ1n) is 6.32. The number of anilines is 2. The van der Waals surface area contributed by atoms with E-state index in [0.717, 1.165) is 41.2 Å². The molecule has 2 heterocycles. The van der Waals surface area contributed by atoms with Crippen LogP contribution in [0.25, 0.3) is 22.4 Å². The zero-order valence-electron chi connectivity index (χ0n) is 10.7. The molecule has 0 amide bonds. The van der Waals surface area contributed by atoms with Crippen molar-refractivity contribution in [3.63, 3.8) is 0 Å². The standard InChI is InChI=1S/C13H16N6/c1-2-7-15-12-10(11(14)18-19-12)13-16-8-5-3-4-6-9(8)17-13/h3-6H,2,7H2,1H3,(H,16,17)(H4,14,15,18,19). The Balaban J connectivity index is 2.07. The number of aromatic nitrogens is 4. The fourth-order valence-electron chi connectivity index (χ4n) is 2.04. The SMILES string of the molecule is CCCNc1n[nH]c(N)c1-c1nc2ccccc2[nH]1. The number of fused-ring (bicyclic) bond motifs is 1. The van der Waals surface area contributed by atoms with Crippen LogP contribution in [-0.2, 0) is 0 Å². The zero-order chi connectivity index (χ0) is 13.2. The third kappa shape index (κ3) is 2.01. The third-order valence-electron chi connectivity index (χ3n) is 2.96. The van der Waals surface area contributed by atoms with E-state index in [-0.39, 0.29) is 0 Å². The molecule has 0 unspecified atom stereocenters. The van der Waals surface area contributed by atoms with Gasteiger partial charge >= 0.3 is 0 Å². The molecule has 0 radical (unpaired) electrons. The minimum absolute atomic E-state index is 0.512. The molecule has 0 aliphatic carbocycles. The summed E-state index contributed by atoms with van der Waals surface area (Å²) in [6.45, 7) is 2.95. The molecule has 3 rings (SSSR count). The molecule has 98 valence electrons. The van der Waals surface area contributed by atoms with Gasteiger partial charge in [0.15, 0.2) is 5.82 Å². The van der Waals surface area contributed by atoms with Gasteiger partial charge in [-0.2, -0.15) is 5.10 Å². The summed E-state index contributed by atoms with van der Waals surface area (Å²) in [6.07, 6.45) is 1.02. The van der Waals surface area contributed by atoms with Crippen molar-refractivity contribution in [1.82, 2.24) is 20.2 Å². The van der Waals surface area contributed by atoms with E-state index >= 15 is 0 Å². The smallest absolute Gasteiger partial charge is 0.161 e. The first kappa shape index (κ1) is 11.6. The number of aromatic amines is 2. The van der Waals surface area contributed by atoms with Gasteiger partial charge in [0.2, 0.25) is 0 Å². The van der Waals surface area contributed by atoms with Crippen molar-refractivity contribution in [3.05, 3.63) is 24.3 Å². The number of H-pyrrole nitrogens is 2. The predicted octanol–water partition coefficient (Wildman–Crippen LogP) is 2.36. The largest absolute Gasteiger partial charge is 0.383 e. The molecule has 3 aromatic rings. The van der Waals surface area contributed by atoms with Crippen LogP contribution in [0, 0.1) is 0 Å². The van der Waals surface area contributed by atoms with E-state index in [4.69, 9.17) is 5.73 Å². The predicted molar refractivity (Wildman–Crippen MR) is 76.9 cm³/mol. The monoisotopic (exact) mass is 256 g/mol. The van der Waals surface area contributed by atoms with Gasteiger partial charge in [-0.05, 0) is 18.6 Å². The van der Waals surface area contributed by atoms with Crippen molar-refractivity contribution >= 4 is 22.7 Å². The van der Waals surface area contributed by atoms with Crippen molar-refractivity contribution in [2.45, 2.75) is 13.3 Å². The topological polar surface area (TPSA) is 95.4 Å². The minimum atomic E-state index is 0.512. The van der Waals surface area contributed by atoms with Gasteiger partial charge in [-0.1, -0.05) is 19.1 Å². The summed E-state index contributed by atoms with van der Waals surface area (Å²) in [5, 5.41) is 10.2. The lowest BCUT2D eigenvalue weighted by molar-refractivity contribution is 0.961. The molecule has 0 atom stereocenters. The molecule has 0 aliphatic rings. The van der Waals surface area contributed by atoms with Crippen LogP contribution in [0.4, 0.5) is 11.6 Å². The number of nitrogen functional groups attached to an aromatic ring is 1. The maximum absolute atomic E-state index is 5.95. The van der Waals surface area contributed by atoms with Crippen LogP contribution in [0.2, 0.25) is 0 Å². The van der Waals surface area contributed by atoms with E-state index in [2.05, 4.69) is 32.4 Å². The van der Waals surface area contributed by atoms with Crippen LogP contribution >= 0.6 is 0 Å². The number of rotatable bonds is 4. The summed E-state index contributed by atoms with van der Waals surface area (Å²) in [5.74, 6) is 1.97. The van der Waals surface area contributed by atoms with Crippen LogP contribution in [0.5, 0.6) is 0 Å². The molecule has 0 aliphatic heterocycles. The second-order valence-corrected chi connectivity index (χ2v) is 4.39. The first-order chi connectivity index (χ1) is 9.29. The Bertz CT molecular complexity index is 663. The normalized spacial score (nSPS) is 11.0. The number of nitrogens with two attached hydrogens (primary N) is 1. The molecule has 0 fully saturated rings. The van der Waals surface area contributed by atoms with Gasteiger partial charge in [-0.25, -0.2) is 4.98 Å². The van der Waals surface area contributed by atoms with E-state index in [0.29, 0.717) is 5.82 Å². The quantitative estimate of drug-likeness (QED) is 0.576. The Kier molecular flexibility index (Phi) is 2.83. The summed E-state index contributed by atoms with van der Waals surface area (Å²) in [6, 6.07) is 7.88. The van der Waals surface area contributed by atoms with Gasteiger partial charge in [0.05, 0.1) is 11.0 Å². The van der Waals surface area contributed by atoms with Crippen molar-refractivity contribution in [1.29, 1.82) is 0 Å². The molecule has 19 heavy (non-hydrogen) atoms. The average Bonchev–Trinajstić information content (AvgIpc) is 2.99. The van der Waals surface area contributed by atoms with Gasteiger partial charge in [0.1, 0.15) is 17.2 Å². The van der Waals surface area contributed by atoms with Crippen LogP contribution in [0.1, 0.15) is 13.3 Å². The number of imidazole rings is 1.